The molecule has 1 aromatic carbocycles. The molecule has 2 heterocycles. The number of carbonyl (C=O) groups is 1. The van der Waals surface area contributed by atoms with Crippen molar-refractivity contribution >= 4 is 22.6 Å². The van der Waals surface area contributed by atoms with Crippen LogP contribution in [0.5, 0.6) is 0 Å². The van der Waals surface area contributed by atoms with Crippen molar-refractivity contribution in [1.29, 1.82) is 0 Å². The van der Waals surface area contributed by atoms with E-state index >= 15 is 0 Å². The first kappa shape index (κ1) is 11.4. The number of rotatable bonds is 2. The maximum atomic E-state index is 12.2. The molecule has 0 aliphatic rings. The van der Waals surface area contributed by atoms with Gasteiger partial charge in [-0.2, -0.15) is 5.10 Å². The van der Waals surface area contributed by atoms with E-state index in [9.17, 15) is 4.79 Å². The van der Waals surface area contributed by atoms with Gasteiger partial charge in [-0.15, -0.1) is 0 Å². The first-order valence-corrected chi connectivity index (χ1v) is 5.90. The molecule has 3 aromatic rings. The first-order chi connectivity index (χ1) is 9.25. The molecule has 0 spiro atoms. The van der Waals surface area contributed by atoms with Gasteiger partial charge in [0.05, 0.1) is 5.52 Å². The Morgan fingerprint density at radius 1 is 1.16 bits per heavy atom. The quantitative estimate of drug-likeness (QED) is 0.760. The molecule has 0 saturated heterocycles. The molecule has 94 valence electrons. The van der Waals surface area contributed by atoms with Crippen LogP contribution in [0.25, 0.3) is 10.9 Å². The smallest absolute Gasteiger partial charge is 0.277 e. The van der Waals surface area contributed by atoms with Crippen LogP contribution >= 0.6 is 0 Å². The highest BCUT2D eigenvalue weighted by atomic mass is 16.2. The summed E-state index contributed by atoms with van der Waals surface area (Å²) in [4.78, 5) is 16.3. The Hall–Kier alpha value is -2.69. The average Bonchev–Trinajstić information content (AvgIpc) is 2.78. The molecule has 0 fully saturated rings. The molecule has 1 N–H and O–H groups in total. The van der Waals surface area contributed by atoms with E-state index in [-0.39, 0.29) is 5.91 Å². The molecule has 5 heteroatoms. The molecule has 0 bridgehead atoms. The van der Waals surface area contributed by atoms with Crippen molar-refractivity contribution in [2.24, 2.45) is 7.05 Å². The predicted molar refractivity (Wildman–Crippen MR) is 72.9 cm³/mol. The highest BCUT2D eigenvalue weighted by molar-refractivity contribution is 6.10. The van der Waals surface area contributed by atoms with Crippen LogP contribution in [-0.2, 0) is 7.05 Å². The minimum absolute atomic E-state index is 0.254. The zero-order valence-corrected chi connectivity index (χ0v) is 10.4. The van der Waals surface area contributed by atoms with Gasteiger partial charge in [0.15, 0.2) is 5.69 Å². The van der Waals surface area contributed by atoms with Gasteiger partial charge in [-0.1, -0.05) is 24.3 Å². The lowest BCUT2D eigenvalue weighted by molar-refractivity contribution is 0.102. The summed E-state index contributed by atoms with van der Waals surface area (Å²) in [5.74, 6) is 0.262. The van der Waals surface area contributed by atoms with E-state index in [2.05, 4.69) is 15.4 Å². The summed E-state index contributed by atoms with van der Waals surface area (Å²) in [5.41, 5.74) is 1.33. The first-order valence-electron chi connectivity index (χ1n) is 5.90. The van der Waals surface area contributed by atoms with Gasteiger partial charge in [-0.3, -0.25) is 9.48 Å². The summed E-state index contributed by atoms with van der Waals surface area (Å²) in [6.07, 6.45) is 1.63. The van der Waals surface area contributed by atoms with Crippen molar-refractivity contribution < 1.29 is 4.79 Å². The molecule has 0 aliphatic heterocycles. The van der Waals surface area contributed by atoms with Gasteiger partial charge in [0.1, 0.15) is 5.82 Å². The Bertz CT molecular complexity index is 734. The van der Waals surface area contributed by atoms with Crippen LogP contribution in [0, 0.1) is 0 Å². The summed E-state index contributed by atoms with van der Waals surface area (Å²) in [6, 6.07) is 13.0. The fourth-order valence-corrected chi connectivity index (χ4v) is 1.99. The molecule has 0 atom stereocenters. The number of para-hydroxylation sites is 1. The summed E-state index contributed by atoms with van der Waals surface area (Å²) in [5, 5.41) is 7.83. The molecular formula is C14H12N4O. The topological polar surface area (TPSA) is 59.8 Å². The van der Waals surface area contributed by atoms with Crippen LogP contribution < -0.4 is 5.32 Å². The molecule has 0 saturated carbocycles. The highest BCUT2D eigenvalue weighted by Crippen LogP contribution is 2.18. The summed E-state index contributed by atoms with van der Waals surface area (Å²) < 4.78 is 1.70. The third-order valence-electron chi connectivity index (χ3n) is 2.88. The number of aryl methyl sites for hydroxylation is 1. The zero-order chi connectivity index (χ0) is 13.2. The van der Waals surface area contributed by atoms with E-state index in [1.165, 1.54) is 0 Å². The molecule has 0 aliphatic carbocycles. The van der Waals surface area contributed by atoms with Crippen molar-refractivity contribution in [2.75, 3.05) is 5.32 Å². The number of hydrogen-bond acceptors (Lipinski definition) is 3. The van der Waals surface area contributed by atoms with Gasteiger partial charge in [0.2, 0.25) is 0 Å². The second-order valence-electron chi connectivity index (χ2n) is 4.16. The number of amides is 1. The second kappa shape index (κ2) is 4.53. The Kier molecular flexibility index (Phi) is 2.72. The van der Waals surface area contributed by atoms with Crippen molar-refractivity contribution in [2.45, 2.75) is 0 Å². The van der Waals surface area contributed by atoms with Gasteiger partial charge >= 0.3 is 0 Å². The molecule has 0 radical (unpaired) electrons. The lowest BCUT2D eigenvalue weighted by Crippen LogP contribution is -2.14. The summed E-state index contributed by atoms with van der Waals surface area (Å²) in [7, 11) is 1.82. The fraction of sp³-hybridized carbons (Fsp3) is 0.0714. The average molecular weight is 252 g/mol. The molecule has 19 heavy (non-hydrogen) atoms. The summed E-state index contributed by atoms with van der Waals surface area (Å²) in [6.45, 7) is 0. The lowest BCUT2D eigenvalue weighted by atomic mass is 10.2. The van der Waals surface area contributed by atoms with Crippen LogP contribution in [0.3, 0.4) is 0 Å². The third kappa shape index (κ3) is 2.06. The van der Waals surface area contributed by atoms with Crippen LogP contribution in [0.2, 0.25) is 0 Å². The Morgan fingerprint density at radius 3 is 2.74 bits per heavy atom. The number of carbonyl (C=O) groups excluding carboxylic acids is 1. The number of nitrogens with zero attached hydrogens (tertiary/aromatic N) is 3. The monoisotopic (exact) mass is 252 g/mol. The van der Waals surface area contributed by atoms with E-state index in [4.69, 9.17) is 0 Å². The Morgan fingerprint density at radius 2 is 1.95 bits per heavy atom. The number of anilines is 1. The molecule has 3 rings (SSSR count). The van der Waals surface area contributed by atoms with E-state index in [0.29, 0.717) is 11.5 Å². The second-order valence-corrected chi connectivity index (χ2v) is 4.16. The molecular weight excluding hydrogens is 240 g/mol. The van der Waals surface area contributed by atoms with E-state index in [1.54, 1.807) is 23.0 Å². The fourth-order valence-electron chi connectivity index (χ4n) is 1.99. The van der Waals surface area contributed by atoms with Gasteiger partial charge in [0, 0.05) is 18.6 Å². The van der Waals surface area contributed by atoms with E-state index < -0.39 is 0 Å². The number of benzene rings is 1. The lowest BCUT2D eigenvalue weighted by Gasteiger charge is -2.01. The molecule has 2 aromatic heterocycles. The van der Waals surface area contributed by atoms with Crippen molar-refractivity contribution in [3.05, 3.63) is 54.4 Å². The van der Waals surface area contributed by atoms with Gasteiger partial charge in [-0.25, -0.2) is 4.98 Å². The number of pyridine rings is 1. The highest BCUT2D eigenvalue weighted by Gasteiger charge is 2.15. The van der Waals surface area contributed by atoms with Crippen molar-refractivity contribution in [3.63, 3.8) is 0 Å². The maximum Gasteiger partial charge on any atom is 0.277 e. The normalized spacial score (nSPS) is 10.6. The number of hydrogen-bond donors (Lipinski definition) is 1. The van der Waals surface area contributed by atoms with Gasteiger partial charge in [0.25, 0.3) is 5.91 Å². The van der Waals surface area contributed by atoms with Crippen LogP contribution in [-0.4, -0.2) is 20.7 Å². The molecule has 1 amide bonds. The number of fused-ring (bicyclic) bond motifs is 1. The maximum absolute atomic E-state index is 12.2. The minimum Gasteiger partial charge on any atom is -0.305 e. The van der Waals surface area contributed by atoms with Crippen LogP contribution in [0.15, 0.2) is 48.7 Å². The minimum atomic E-state index is -0.254. The van der Waals surface area contributed by atoms with Crippen molar-refractivity contribution in [1.82, 2.24) is 14.8 Å². The van der Waals surface area contributed by atoms with E-state index in [0.717, 1.165) is 10.9 Å². The molecule has 0 unspecified atom stereocenters. The van der Waals surface area contributed by atoms with Crippen LogP contribution in [0.4, 0.5) is 5.82 Å². The SMILES string of the molecule is Cn1nc(C(=O)Nc2ccccn2)c2ccccc21. The Balaban J connectivity index is 1.98. The van der Waals surface area contributed by atoms with Crippen LogP contribution in [0.1, 0.15) is 10.5 Å². The summed E-state index contributed by atoms with van der Waals surface area (Å²) >= 11 is 0. The Labute approximate surface area is 109 Å². The number of aromatic nitrogens is 3. The van der Waals surface area contributed by atoms with Gasteiger partial charge < -0.3 is 5.32 Å². The third-order valence-corrected chi connectivity index (χ3v) is 2.88. The largest absolute Gasteiger partial charge is 0.305 e. The zero-order valence-electron chi connectivity index (χ0n) is 10.4. The molecule has 5 nitrogen and oxygen atoms in total. The van der Waals surface area contributed by atoms with E-state index in [1.807, 2.05) is 37.4 Å². The predicted octanol–water partition coefficient (Wildman–Crippen LogP) is 2.22. The van der Waals surface area contributed by atoms with Crippen molar-refractivity contribution in [3.8, 4) is 0 Å². The standard InChI is InChI=1S/C14H12N4O/c1-18-11-7-3-2-6-10(11)13(17-18)14(19)16-12-8-4-5-9-15-12/h2-9H,1H3,(H,15,16,19). The van der Waals surface area contributed by atoms with Gasteiger partial charge in [-0.05, 0) is 18.2 Å². The number of nitrogens with one attached hydrogen (secondary N) is 1.